The van der Waals surface area contributed by atoms with Gasteiger partial charge in [0.2, 0.25) is 0 Å². The van der Waals surface area contributed by atoms with Crippen molar-refractivity contribution >= 4 is 5.97 Å². The van der Waals surface area contributed by atoms with Crippen LogP contribution in [0.4, 0.5) is 4.39 Å². The van der Waals surface area contributed by atoms with Crippen LogP contribution in [0.25, 0.3) is 0 Å². The van der Waals surface area contributed by atoms with Gasteiger partial charge < -0.3 is 10.1 Å². The van der Waals surface area contributed by atoms with E-state index >= 15 is 0 Å². The Morgan fingerprint density at radius 2 is 2.00 bits per heavy atom. The van der Waals surface area contributed by atoms with Gasteiger partial charge >= 0.3 is 5.97 Å². The lowest BCUT2D eigenvalue weighted by molar-refractivity contribution is -0.147. The number of carbonyl (C=O) groups is 1. The van der Waals surface area contributed by atoms with Gasteiger partial charge in [-0.15, -0.1) is 0 Å². The summed E-state index contributed by atoms with van der Waals surface area (Å²) in [7, 11) is 0. The average molecular weight is 239 g/mol. The predicted molar refractivity (Wildman–Crippen MR) is 63.9 cm³/mol. The number of ether oxygens (including phenoxy) is 1. The van der Waals surface area contributed by atoms with Crippen molar-refractivity contribution in [1.82, 2.24) is 5.32 Å². The third kappa shape index (κ3) is 5.45. The molecule has 0 aliphatic rings. The Hall–Kier alpha value is -1.42. The number of hydrogen-bond donors (Lipinski definition) is 1. The maximum absolute atomic E-state index is 12.6. The number of hydrogen-bond acceptors (Lipinski definition) is 3. The molecular weight excluding hydrogens is 221 g/mol. The van der Waals surface area contributed by atoms with Crippen molar-refractivity contribution in [1.29, 1.82) is 0 Å². The highest BCUT2D eigenvalue weighted by atomic mass is 19.1. The molecule has 0 amide bonds. The molecule has 17 heavy (non-hydrogen) atoms. The van der Waals surface area contributed by atoms with Crippen LogP contribution in [0.2, 0.25) is 0 Å². The van der Waals surface area contributed by atoms with Crippen LogP contribution in [0.15, 0.2) is 24.3 Å². The van der Waals surface area contributed by atoms with Crippen LogP contribution in [0, 0.1) is 11.7 Å². The molecule has 0 aliphatic heterocycles. The molecule has 0 bridgehead atoms. The summed E-state index contributed by atoms with van der Waals surface area (Å²) in [4.78, 5) is 11.1. The van der Waals surface area contributed by atoms with Crippen molar-refractivity contribution in [2.75, 3.05) is 13.2 Å². The number of rotatable bonds is 6. The second-order valence-corrected chi connectivity index (χ2v) is 4.13. The molecule has 4 heteroatoms. The number of nitrogens with one attached hydrogen (secondary N) is 1. The van der Waals surface area contributed by atoms with Crippen LogP contribution >= 0.6 is 0 Å². The minimum Gasteiger partial charge on any atom is -0.464 e. The first-order valence-corrected chi connectivity index (χ1v) is 5.71. The Labute approximate surface area is 101 Å². The van der Waals surface area contributed by atoms with Gasteiger partial charge in [-0.05, 0) is 17.7 Å². The number of carbonyl (C=O) groups excluding carboxylic acids is 1. The Kier molecular flexibility index (Phi) is 5.63. The van der Waals surface area contributed by atoms with E-state index in [0.29, 0.717) is 19.7 Å². The standard InChI is InChI=1S/C13H18FNO2/c1-10(2)13(16)17-8-7-15-9-11-3-5-12(14)6-4-11/h3-6,10,15H,7-9H2,1-2H3. The summed E-state index contributed by atoms with van der Waals surface area (Å²) in [6, 6.07) is 6.30. The van der Waals surface area contributed by atoms with Crippen molar-refractivity contribution in [3.8, 4) is 0 Å². The van der Waals surface area contributed by atoms with E-state index < -0.39 is 0 Å². The first-order chi connectivity index (χ1) is 8.09. The van der Waals surface area contributed by atoms with Crippen molar-refractivity contribution < 1.29 is 13.9 Å². The molecule has 0 saturated heterocycles. The maximum atomic E-state index is 12.6. The number of halogens is 1. The summed E-state index contributed by atoms with van der Waals surface area (Å²) in [6.45, 7) is 5.19. The van der Waals surface area contributed by atoms with E-state index in [1.54, 1.807) is 26.0 Å². The monoisotopic (exact) mass is 239 g/mol. The van der Waals surface area contributed by atoms with Crippen LogP contribution in [-0.2, 0) is 16.1 Å². The molecule has 0 fully saturated rings. The smallest absolute Gasteiger partial charge is 0.308 e. The predicted octanol–water partition coefficient (Wildman–Crippen LogP) is 2.11. The quantitative estimate of drug-likeness (QED) is 0.610. The van der Waals surface area contributed by atoms with Crippen LogP contribution in [0.1, 0.15) is 19.4 Å². The van der Waals surface area contributed by atoms with Crippen LogP contribution in [0.3, 0.4) is 0 Å². The zero-order chi connectivity index (χ0) is 12.7. The molecule has 0 heterocycles. The van der Waals surface area contributed by atoms with E-state index in [1.165, 1.54) is 12.1 Å². The summed E-state index contributed by atoms with van der Waals surface area (Å²) < 4.78 is 17.6. The van der Waals surface area contributed by atoms with Gasteiger partial charge in [-0.25, -0.2) is 4.39 Å². The van der Waals surface area contributed by atoms with E-state index in [0.717, 1.165) is 5.56 Å². The largest absolute Gasteiger partial charge is 0.464 e. The highest BCUT2D eigenvalue weighted by molar-refractivity contribution is 5.71. The van der Waals surface area contributed by atoms with Gasteiger partial charge in [-0.2, -0.15) is 0 Å². The van der Waals surface area contributed by atoms with E-state index in [2.05, 4.69) is 5.32 Å². The molecule has 0 spiro atoms. The van der Waals surface area contributed by atoms with Gasteiger partial charge in [0.25, 0.3) is 0 Å². The molecule has 0 saturated carbocycles. The summed E-state index contributed by atoms with van der Waals surface area (Å²) in [5, 5.41) is 3.12. The molecule has 3 nitrogen and oxygen atoms in total. The molecule has 0 aliphatic carbocycles. The van der Waals surface area contributed by atoms with Crippen molar-refractivity contribution in [3.05, 3.63) is 35.6 Å². The van der Waals surface area contributed by atoms with Crippen molar-refractivity contribution in [2.45, 2.75) is 20.4 Å². The van der Waals surface area contributed by atoms with Gasteiger partial charge in [-0.1, -0.05) is 26.0 Å². The minimum atomic E-state index is -0.236. The van der Waals surface area contributed by atoms with Crippen molar-refractivity contribution in [3.63, 3.8) is 0 Å². The Balaban J connectivity index is 2.12. The van der Waals surface area contributed by atoms with Gasteiger partial charge in [-0.3, -0.25) is 4.79 Å². The lowest BCUT2D eigenvalue weighted by atomic mass is 10.2. The summed E-state index contributed by atoms with van der Waals surface area (Å²) >= 11 is 0. The SMILES string of the molecule is CC(C)C(=O)OCCNCc1ccc(F)cc1. The first-order valence-electron chi connectivity index (χ1n) is 5.71. The second-order valence-electron chi connectivity index (χ2n) is 4.13. The topological polar surface area (TPSA) is 38.3 Å². The van der Waals surface area contributed by atoms with Crippen LogP contribution < -0.4 is 5.32 Å². The Morgan fingerprint density at radius 3 is 2.59 bits per heavy atom. The highest BCUT2D eigenvalue weighted by Crippen LogP contribution is 2.01. The second kappa shape index (κ2) is 7.01. The van der Waals surface area contributed by atoms with E-state index in [4.69, 9.17) is 4.74 Å². The normalized spacial score (nSPS) is 10.6. The van der Waals surface area contributed by atoms with Crippen molar-refractivity contribution in [2.24, 2.45) is 5.92 Å². The third-order valence-corrected chi connectivity index (χ3v) is 2.24. The Bertz CT molecular complexity index is 349. The summed E-state index contributed by atoms with van der Waals surface area (Å²) in [5.74, 6) is -0.514. The molecule has 1 N–H and O–H groups in total. The number of benzene rings is 1. The zero-order valence-corrected chi connectivity index (χ0v) is 10.2. The first kappa shape index (κ1) is 13.6. The maximum Gasteiger partial charge on any atom is 0.308 e. The molecule has 1 aromatic rings. The molecule has 0 unspecified atom stereocenters. The molecular formula is C13H18FNO2. The fourth-order valence-electron chi connectivity index (χ4n) is 1.23. The fourth-order valence-corrected chi connectivity index (χ4v) is 1.23. The molecule has 0 aromatic heterocycles. The molecule has 0 atom stereocenters. The molecule has 94 valence electrons. The third-order valence-electron chi connectivity index (χ3n) is 2.24. The summed E-state index contributed by atoms with van der Waals surface area (Å²) in [6.07, 6.45) is 0. The highest BCUT2D eigenvalue weighted by Gasteiger charge is 2.06. The van der Waals surface area contributed by atoms with Gasteiger partial charge in [0.05, 0.1) is 5.92 Å². The van der Waals surface area contributed by atoms with Crippen LogP contribution in [-0.4, -0.2) is 19.1 Å². The fraction of sp³-hybridized carbons (Fsp3) is 0.462. The lowest BCUT2D eigenvalue weighted by Gasteiger charge is -2.08. The number of esters is 1. The van der Waals surface area contributed by atoms with Gasteiger partial charge in [0.15, 0.2) is 0 Å². The molecule has 0 radical (unpaired) electrons. The molecule has 1 aromatic carbocycles. The Morgan fingerprint density at radius 1 is 1.35 bits per heavy atom. The van der Waals surface area contributed by atoms with E-state index in [-0.39, 0.29) is 17.7 Å². The van der Waals surface area contributed by atoms with Crippen LogP contribution in [0.5, 0.6) is 0 Å². The average Bonchev–Trinajstić information content (AvgIpc) is 2.30. The molecule has 1 rings (SSSR count). The van der Waals surface area contributed by atoms with E-state index in [9.17, 15) is 9.18 Å². The van der Waals surface area contributed by atoms with Gasteiger partial charge in [0.1, 0.15) is 12.4 Å². The van der Waals surface area contributed by atoms with E-state index in [1.807, 2.05) is 0 Å². The van der Waals surface area contributed by atoms with Gasteiger partial charge in [0, 0.05) is 13.1 Å². The lowest BCUT2D eigenvalue weighted by Crippen LogP contribution is -2.22. The minimum absolute atomic E-state index is 0.0906. The zero-order valence-electron chi connectivity index (χ0n) is 10.2. The summed E-state index contributed by atoms with van der Waals surface area (Å²) in [5.41, 5.74) is 1.00.